The van der Waals surface area contributed by atoms with Crippen molar-refractivity contribution in [2.75, 3.05) is 25.5 Å². The Morgan fingerprint density at radius 1 is 1.19 bits per heavy atom. The number of benzene rings is 2. The van der Waals surface area contributed by atoms with Crippen LogP contribution in [0.15, 0.2) is 30.3 Å². The number of aryl methyl sites for hydroxylation is 1. The second-order valence-corrected chi connectivity index (χ2v) is 10.1. The minimum absolute atomic E-state index is 0.0426. The number of anilines is 1. The summed E-state index contributed by atoms with van der Waals surface area (Å²) in [5.41, 5.74) is -0.797. The van der Waals surface area contributed by atoms with Crippen molar-refractivity contribution in [3.05, 3.63) is 58.9 Å². The molecule has 3 aromatic rings. The van der Waals surface area contributed by atoms with Crippen molar-refractivity contribution in [3.63, 3.8) is 0 Å². The predicted octanol–water partition coefficient (Wildman–Crippen LogP) is 6.27. The molecule has 192 valence electrons. The number of likely N-dealkylation sites (tertiary alicyclic amines) is 1. The van der Waals surface area contributed by atoms with Gasteiger partial charge in [0.25, 0.3) is 0 Å². The van der Waals surface area contributed by atoms with Crippen LogP contribution < -0.4 is 10.1 Å². The van der Waals surface area contributed by atoms with Gasteiger partial charge in [0.15, 0.2) is 11.6 Å². The van der Waals surface area contributed by atoms with Crippen LogP contribution in [0, 0.1) is 24.0 Å². The summed E-state index contributed by atoms with van der Waals surface area (Å²) in [7, 11) is 2.05. The van der Waals surface area contributed by atoms with Crippen LogP contribution in [0.1, 0.15) is 49.2 Å². The van der Waals surface area contributed by atoms with E-state index in [0.717, 1.165) is 19.0 Å². The van der Waals surface area contributed by atoms with E-state index in [2.05, 4.69) is 20.2 Å². The van der Waals surface area contributed by atoms with Gasteiger partial charge in [-0.3, -0.25) is 4.90 Å². The molecule has 1 aromatic heterocycles. The zero-order valence-electron chi connectivity index (χ0n) is 20.2. The van der Waals surface area contributed by atoms with Gasteiger partial charge in [-0.05, 0) is 57.7 Å². The molecule has 1 aliphatic carbocycles. The molecule has 36 heavy (non-hydrogen) atoms. The second-order valence-electron chi connectivity index (χ2n) is 10.1. The highest BCUT2D eigenvalue weighted by Crippen LogP contribution is 2.54. The fourth-order valence-corrected chi connectivity index (χ4v) is 5.14. The Balaban J connectivity index is 1.42. The average Bonchev–Trinajstić information content (AvgIpc) is 3.46. The van der Waals surface area contributed by atoms with Gasteiger partial charge in [-0.1, -0.05) is 12.1 Å². The van der Waals surface area contributed by atoms with E-state index in [-0.39, 0.29) is 23.2 Å². The van der Waals surface area contributed by atoms with Gasteiger partial charge in [-0.15, -0.1) is 0 Å². The molecule has 2 aromatic carbocycles. The molecule has 2 aliphatic rings. The first-order chi connectivity index (χ1) is 17.0. The van der Waals surface area contributed by atoms with Crippen LogP contribution in [0.25, 0.3) is 10.9 Å². The van der Waals surface area contributed by atoms with E-state index in [1.807, 2.05) is 7.05 Å². The Morgan fingerprint density at radius 2 is 1.94 bits per heavy atom. The van der Waals surface area contributed by atoms with E-state index in [1.54, 1.807) is 6.92 Å². The summed E-state index contributed by atoms with van der Waals surface area (Å²) in [6.45, 7) is 4.51. The standard InChI is InChI=1S/C26H27F5N4O/c1-14(17-5-4-6-19(23(17)28)26(29,30)31)32-24-18-9-22(20(27)10-21(18)33-15(2)34-24)36-12-16-11-25(7-8-25)13-35(16)3/h4-6,9-10,14,16H,7-8,11-13H2,1-3H3,(H,32,33,34)/t14-,16+/m1/s1. The van der Waals surface area contributed by atoms with Crippen molar-refractivity contribution >= 4 is 16.7 Å². The summed E-state index contributed by atoms with van der Waals surface area (Å²) in [6.07, 6.45) is -1.36. The number of halogens is 5. The van der Waals surface area contributed by atoms with Gasteiger partial charge in [-0.2, -0.15) is 13.2 Å². The number of nitrogens with one attached hydrogen (secondary N) is 1. The Kier molecular flexibility index (Phi) is 6.05. The minimum Gasteiger partial charge on any atom is -0.489 e. The van der Waals surface area contributed by atoms with Crippen LogP contribution >= 0.6 is 0 Å². The quantitative estimate of drug-likeness (QED) is 0.400. The summed E-state index contributed by atoms with van der Waals surface area (Å²) in [4.78, 5) is 10.9. The van der Waals surface area contributed by atoms with Crippen molar-refractivity contribution in [1.82, 2.24) is 14.9 Å². The molecule has 2 fully saturated rings. The van der Waals surface area contributed by atoms with Crippen molar-refractivity contribution in [2.24, 2.45) is 5.41 Å². The lowest BCUT2D eigenvalue weighted by Crippen LogP contribution is -2.30. The van der Waals surface area contributed by atoms with Crippen LogP contribution in [0.2, 0.25) is 0 Å². The molecule has 10 heteroatoms. The fourth-order valence-electron chi connectivity index (χ4n) is 5.14. The number of aromatic nitrogens is 2. The van der Waals surface area contributed by atoms with Gasteiger partial charge in [0.05, 0.1) is 17.1 Å². The lowest BCUT2D eigenvalue weighted by Gasteiger charge is -2.21. The van der Waals surface area contributed by atoms with Gasteiger partial charge in [0, 0.05) is 29.6 Å². The summed E-state index contributed by atoms with van der Waals surface area (Å²) < 4.78 is 75.0. The highest BCUT2D eigenvalue weighted by molar-refractivity contribution is 5.90. The molecule has 5 rings (SSSR count). The first-order valence-electron chi connectivity index (χ1n) is 11.9. The molecule has 2 atom stereocenters. The minimum atomic E-state index is -4.81. The maximum Gasteiger partial charge on any atom is 0.419 e. The topological polar surface area (TPSA) is 50.3 Å². The number of nitrogens with zero attached hydrogens (tertiary/aromatic N) is 3. The van der Waals surface area contributed by atoms with Gasteiger partial charge in [-0.25, -0.2) is 18.7 Å². The predicted molar refractivity (Wildman–Crippen MR) is 126 cm³/mol. The van der Waals surface area contributed by atoms with Gasteiger partial charge < -0.3 is 10.1 Å². The van der Waals surface area contributed by atoms with E-state index >= 15 is 0 Å². The first kappa shape index (κ1) is 24.7. The van der Waals surface area contributed by atoms with Crippen molar-refractivity contribution in [1.29, 1.82) is 0 Å². The van der Waals surface area contributed by atoms with E-state index in [9.17, 15) is 22.0 Å². The van der Waals surface area contributed by atoms with Gasteiger partial charge in [0.2, 0.25) is 0 Å². The third-order valence-electron chi connectivity index (χ3n) is 7.28. The lowest BCUT2D eigenvalue weighted by atomic mass is 10.0. The van der Waals surface area contributed by atoms with Crippen LogP contribution in [-0.2, 0) is 6.18 Å². The van der Waals surface area contributed by atoms with Crippen LogP contribution in [-0.4, -0.2) is 41.1 Å². The number of rotatable bonds is 6. The molecule has 0 amide bonds. The molecule has 5 nitrogen and oxygen atoms in total. The van der Waals surface area contributed by atoms with E-state index in [0.29, 0.717) is 34.8 Å². The largest absolute Gasteiger partial charge is 0.489 e. The highest BCUT2D eigenvalue weighted by atomic mass is 19.4. The molecule has 1 aliphatic heterocycles. The zero-order valence-corrected chi connectivity index (χ0v) is 20.2. The Labute approximate surface area is 205 Å². The third-order valence-corrected chi connectivity index (χ3v) is 7.28. The van der Waals surface area contributed by atoms with Crippen LogP contribution in [0.3, 0.4) is 0 Å². The van der Waals surface area contributed by atoms with Crippen molar-refractivity contribution in [2.45, 2.75) is 51.4 Å². The van der Waals surface area contributed by atoms with Gasteiger partial charge >= 0.3 is 6.18 Å². The number of hydrogen-bond donors (Lipinski definition) is 1. The number of alkyl halides is 3. The second kappa shape index (κ2) is 8.83. The van der Waals surface area contributed by atoms with Crippen LogP contribution in [0.5, 0.6) is 5.75 Å². The summed E-state index contributed by atoms with van der Waals surface area (Å²) in [5, 5.41) is 3.41. The number of ether oxygens (including phenoxy) is 1. The Hall–Kier alpha value is -3.01. The van der Waals surface area contributed by atoms with Crippen molar-refractivity contribution < 1.29 is 26.7 Å². The van der Waals surface area contributed by atoms with E-state index < -0.39 is 29.4 Å². The summed E-state index contributed by atoms with van der Waals surface area (Å²) in [5.74, 6) is -1.28. The smallest absolute Gasteiger partial charge is 0.419 e. The average molecular weight is 507 g/mol. The summed E-state index contributed by atoms with van der Waals surface area (Å²) in [6, 6.07) is 5.23. The monoisotopic (exact) mass is 506 g/mol. The molecule has 0 bridgehead atoms. The molecular formula is C26H27F5N4O. The Bertz CT molecular complexity index is 1310. The van der Waals surface area contributed by atoms with Gasteiger partial charge in [0.1, 0.15) is 24.1 Å². The molecular weight excluding hydrogens is 479 g/mol. The first-order valence-corrected chi connectivity index (χ1v) is 11.9. The highest BCUT2D eigenvalue weighted by Gasteiger charge is 2.50. The summed E-state index contributed by atoms with van der Waals surface area (Å²) >= 11 is 0. The molecule has 1 saturated heterocycles. The maximum atomic E-state index is 14.9. The Morgan fingerprint density at radius 3 is 2.61 bits per heavy atom. The third kappa shape index (κ3) is 4.70. The number of hydrogen-bond acceptors (Lipinski definition) is 5. The number of fused-ring (bicyclic) bond motifs is 1. The molecule has 1 saturated carbocycles. The molecule has 0 unspecified atom stereocenters. The SMILES string of the molecule is Cc1nc(N[C@H](C)c2cccc(C(F)(F)F)c2F)c2cc(OC[C@@H]3CC4(CC4)CN3C)c(F)cc2n1. The zero-order chi connectivity index (χ0) is 25.8. The molecule has 0 radical (unpaired) electrons. The van der Waals surface area contributed by atoms with Crippen molar-refractivity contribution in [3.8, 4) is 5.75 Å². The lowest BCUT2D eigenvalue weighted by molar-refractivity contribution is -0.140. The fraction of sp³-hybridized carbons (Fsp3) is 0.462. The van der Waals surface area contributed by atoms with E-state index in [4.69, 9.17) is 4.74 Å². The maximum absolute atomic E-state index is 14.9. The number of likely N-dealkylation sites (N-methyl/N-ethyl adjacent to an activating group) is 1. The normalized spacial score (nSPS) is 20.2. The van der Waals surface area contributed by atoms with Crippen LogP contribution in [0.4, 0.5) is 27.8 Å². The van der Waals surface area contributed by atoms with E-state index in [1.165, 1.54) is 38.0 Å². The molecule has 2 heterocycles. The molecule has 1 spiro atoms. The molecule has 1 N–H and O–H groups in total.